The van der Waals surface area contributed by atoms with E-state index in [4.69, 9.17) is 0 Å². The van der Waals surface area contributed by atoms with Gasteiger partial charge in [-0.05, 0) is 78.7 Å². The molecule has 1 amide bonds. The van der Waals surface area contributed by atoms with Gasteiger partial charge in [0.1, 0.15) is 11.6 Å². The zero-order valence-corrected chi connectivity index (χ0v) is 17.0. The Labute approximate surface area is 180 Å². The van der Waals surface area contributed by atoms with Gasteiger partial charge in [-0.3, -0.25) is 4.79 Å². The number of aryl methyl sites for hydroxylation is 1. The molecule has 1 heterocycles. The van der Waals surface area contributed by atoms with E-state index in [1.54, 1.807) is 36.5 Å². The topological polar surface area (TPSA) is 66.9 Å². The molecule has 0 atom stereocenters. The molecule has 0 aliphatic rings. The molecule has 0 aliphatic carbocycles. The van der Waals surface area contributed by atoms with Gasteiger partial charge in [-0.25, -0.2) is 14.4 Å². The lowest BCUT2D eigenvalue weighted by Crippen LogP contribution is -2.11. The van der Waals surface area contributed by atoms with Crippen molar-refractivity contribution >= 4 is 23.1 Å². The van der Waals surface area contributed by atoms with Crippen molar-refractivity contribution in [3.8, 4) is 11.4 Å². The number of carbonyl (C=O) groups is 1. The minimum atomic E-state index is -0.305. The summed E-state index contributed by atoms with van der Waals surface area (Å²) in [6.07, 6.45) is 2.60. The lowest BCUT2D eigenvalue weighted by molar-refractivity contribution is 0.102. The molecule has 4 aromatic rings. The normalized spacial score (nSPS) is 10.5. The van der Waals surface area contributed by atoms with Crippen molar-refractivity contribution in [2.75, 3.05) is 10.6 Å². The van der Waals surface area contributed by atoms with Gasteiger partial charge < -0.3 is 10.6 Å². The fraction of sp³-hybridized carbons (Fsp3) is 0.0800. The number of amides is 1. The van der Waals surface area contributed by atoms with Gasteiger partial charge in [0.2, 0.25) is 0 Å². The number of halogens is 1. The lowest BCUT2D eigenvalue weighted by atomic mass is 10.1. The molecule has 6 heteroatoms. The highest BCUT2D eigenvalue weighted by Crippen LogP contribution is 2.20. The Morgan fingerprint density at radius 3 is 2.23 bits per heavy atom. The molecule has 1 aromatic heterocycles. The second-order valence-corrected chi connectivity index (χ2v) is 6.98. The summed E-state index contributed by atoms with van der Waals surface area (Å²) < 4.78 is 13.1. The van der Waals surface area contributed by atoms with Crippen molar-refractivity contribution in [2.45, 2.75) is 13.3 Å². The van der Waals surface area contributed by atoms with Crippen LogP contribution >= 0.6 is 0 Å². The SMILES string of the molecule is CCc1ccc(NC(=O)c2ccc(Nc3ccnc(-c4ccc(F)cc4)n3)cc2)cc1. The standard InChI is InChI=1S/C25H21FN4O/c1-2-17-3-11-22(12-4-17)29-25(31)19-7-13-21(14-8-19)28-23-15-16-27-24(30-23)18-5-9-20(26)10-6-18/h3-16H,2H2,1H3,(H,29,31)(H,27,28,30). The summed E-state index contributed by atoms with van der Waals surface area (Å²) in [5.74, 6) is 0.620. The van der Waals surface area contributed by atoms with E-state index < -0.39 is 0 Å². The quantitative estimate of drug-likeness (QED) is 0.417. The van der Waals surface area contributed by atoms with E-state index >= 15 is 0 Å². The number of hydrogen-bond acceptors (Lipinski definition) is 4. The zero-order chi connectivity index (χ0) is 21.6. The van der Waals surface area contributed by atoms with Crippen LogP contribution in [-0.2, 0) is 6.42 Å². The number of nitrogens with zero attached hydrogens (tertiary/aromatic N) is 2. The highest BCUT2D eigenvalue weighted by Gasteiger charge is 2.07. The monoisotopic (exact) mass is 412 g/mol. The van der Waals surface area contributed by atoms with Crippen LogP contribution in [0.3, 0.4) is 0 Å². The molecule has 0 radical (unpaired) electrons. The molecular weight excluding hydrogens is 391 g/mol. The van der Waals surface area contributed by atoms with Crippen molar-refractivity contribution < 1.29 is 9.18 Å². The van der Waals surface area contributed by atoms with Crippen LogP contribution in [0.1, 0.15) is 22.8 Å². The maximum absolute atomic E-state index is 13.1. The Hall–Kier alpha value is -4.06. The minimum absolute atomic E-state index is 0.170. The molecule has 4 rings (SSSR count). The number of hydrogen-bond donors (Lipinski definition) is 2. The highest BCUT2D eigenvalue weighted by molar-refractivity contribution is 6.04. The maximum atomic E-state index is 13.1. The fourth-order valence-electron chi connectivity index (χ4n) is 3.05. The largest absolute Gasteiger partial charge is 0.340 e. The highest BCUT2D eigenvalue weighted by atomic mass is 19.1. The fourth-order valence-corrected chi connectivity index (χ4v) is 3.05. The van der Waals surface area contributed by atoms with E-state index in [1.165, 1.54) is 17.7 Å². The van der Waals surface area contributed by atoms with Gasteiger partial charge >= 0.3 is 0 Å². The third-order valence-corrected chi connectivity index (χ3v) is 4.80. The average Bonchev–Trinajstić information content (AvgIpc) is 2.81. The molecule has 5 nitrogen and oxygen atoms in total. The Morgan fingerprint density at radius 1 is 0.871 bits per heavy atom. The summed E-state index contributed by atoms with van der Waals surface area (Å²) in [6.45, 7) is 2.09. The number of aromatic nitrogens is 2. The number of carbonyl (C=O) groups excluding carboxylic acids is 1. The molecule has 3 aromatic carbocycles. The Bertz CT molecular complexity index is 1170. The first-order valence-electron chi connectivity index (χ1n) is 9.97. The second-order valence-electron chi connectivity index (χ2n) is 6.98. The van der Waals surface area contributed by atoms with Crippen molar-refractivity contribution in [2.24, 2.45) is 0 Å². The zero-order valence-electron chi connectivity index (χ0n) is 17.0. The third-order valence-electron chi connectivity index (χ3n) is 4.80. The lowest BCUT2D eigenvalue weighted by Gasteiger charge is -2.09. The Balaban J connectivity index is 1.43. The van der Waals surface area contributed by atoms with E-state index in [9.17, 15) is 9.18 Å². The van der Waals surface area contributed by atoms with Crippen LogP contribution in [0.5, 0.6) is 0 Å². The molecule has 0 unspecified atom stereocenters. The summed E-state index contributed by atoms with van der Waals surface area (Å²) in [5, 5.41) is 6.10. The molecule has 0 saturated heterocycles. The first kappa shape index (κ1) is 20.2. The molecule has 2 N–H and O–H groups in total. The minimum Gasteiger partial charge on any atom is -0.340 e. The maximum Gasteiger partial charge on any atom is 0.255 e. The molecular formula is C25H21FN4O. The van der Waals surface area contributed by atoms with Crippen LogP contribution in [-0.4, -0.2) is 15.9 Å². The van der Waals surface area contributed by atoms with Gasteiger partial charge in [0.25, 0.3) is 5.91 Å². The van der Waals surface area contributed by atoms with Gasteiger partial charge in [0, 0.05) is 28.7 Å². The van der Waals surface area contributed by atoms with Crippen molar-refractivity contribution in [3.05, 3.63) is 102 Å². The molecule has 0 fully saturated rings. The average molecular weight is 412 g/mol. The van der Waals surface area contributed by atoms with E-state index in [0.29, 0.717) is 17.2 Å². The molecule has 0 bridgehead atoms. The number of rotatable bonds is 6. The van der Waals surface area contributed by atoms with Gasteiger partial charge in [-0.15, -0.1) is 0 Å². The predicted molar refractivity (Wildman–Crippen MR) is 121 cm³/mol. The summed E-state index contributed by atoms with van der Waals surface area (Å²) >= 11 is 0. The summed E-state index contributed by atoms with van der Waals surface area (Å²) in [4.78, 5) is 21.2. The van der Waals surface area contributed by atoms with Crippen LogP contribution in [0.2, 0.25) is 0 Å². The van der Waals surface area contributed by atoms with Crippen LogP contribution in [0.4, 0.5) is 21.6 Å². The molecule has 0 saturated carbocycles. The first-order chi connectivity index (χ1) is 15.1. The second kappa shape index (κ2) is 9.17. The molecule has 0 aliphatic heterocycles. The third kappa shape index (κ3) is 5.11. The van der Waals surface area contributed by atoms with E-state index in [1.807, 2.05) is 36.4 Å². The predicted octanol–water partition coefficient (Wildman–Crippen LogP) is 5.84. The van der Waals surface area contributed by atoms with Crippen molar-refractivity contribution in [1.29, 1.82) is 0 Å². The number of anilines is 3. The van der Waals surface area contributed by atoms with Crippen LogP contribution < -0.4 is 10.6 Å². The van der Waals surface area contributed by atoms with Crippen molar-refractivity contribution in [1.82, 2.24) is 9.97 Å². The first-order valence-corrected chi connectivity index (χ1v) is 9.97. The van der Waals surface area contributed by atoms with Crippen LogP contribution in [0, 0.1) is 5.82 Å². The van der Waals surface area contributed by atoms with E-state index in [-0.39, 0.29) is 11.7 Å². The number of benzene rings is 3. The Morgan fingerprint density at radius 2 is 1.55 bits per heavy atom. The van der Waals surface area contributed by atoms with Gasteiger partial charge in [-0.1, -0.05) is 19.1 Å². The van der Waals surface area contributed by atoms with Crippen LogP contribution in [0.15, 0.2) is 85.1 Å². The number of nitrogens with one attached hydrogen (secondary N) is 2. The van der Waals surface area contributed by atoms with Gasteiger partial charge in [-0.2, -0.15) is 0 Å². The summed E-state index contributed by atoms with van der Waals surface area (Å²) in [6, 6.07) is 22.7. The smallest absolute Gasteiger partial charge is 0.255 e. The van der Waals surface area contributed by atoms with Gasteiger partial charge in [0.05, 0.1) is 0 Å². The molecule has 0 spiro atoms. The summed E-state index contributed by atoms with van der Waals surface area (Å²) in [7, 11) is 0. The van der Waals surface area contributed by atoms with Crippen LogP contribution in [0.25, 0.3) is 11.4 Å². The van der Waals surface area contributed by atoms with Crippen molar-refractivity contribution in [3.63, 3.8) is 0 Å². The molecule has 31 heavy (non-hydrogen) atoms. The van der Waals surface area contributed by atoms with E-state index in [0.717, 1.165) is 23.4 Å². The molecule has 154 valence electrons. The van der Waals surface area contributed by atoms with E-state index in [2.05, 4.69) is 27.5 Å². The Kier molecular flexibility index (Phi) is 5.98. The van der Waals surface area contributed by atoms with Gasteiger partial charge in [0.15, 0.2) is 5.82 Å². The summed E-state index contributed by atoms with van der Waals surface area (Å²) in [5.41, 5.74) is 4.05.